The van der Waals surface area contributed by atoms with Crippen molar-refractivity contribution in [3.8, 4) is 11.5 Å². The lowest BCUT2D eigenvalue weighted by Crippen LogP contribution is -2.24. The number of carbonyl (C=O) groups excluding carboxylic acids is 1. The van der Waals surface area contributed by atoms with Crippen molar-refractivity contribution in [3.05, 3.63) is 65.5 Å². The summed E-state index contributed by atoms with van der Waals surface area (Å²) in [6.45, 7) is 4.46. The van der Waals surface area contributed by atoms with Crippen molar-refractivity contribution in [3.63, 3.8) is 0 Å². The number of methoxy groups -OCH3 is 1. The molecule has 0 spiro atoms. The lowest BCUT2D eigenvalue weighted by molar-refractivity contribution is -0.118. The van der Waals surface area contributed by atoms with Crippen LogP contribution in [0.4, 0.5) is 0 Å². The predicted octanol–water partition coefficient (Wildman–Crippen LogP) is 3.68. The van der Waals surface area contributed by atoms with Crippen LogP contribution in [0.2, 0.25) is 0 Å². The van der Waals surface area contributed by atoms with Crippen LogP contribution in [0, 0.1) is 6.92 Å². The highest BCUT2D eigenvalue weighted by atomic mass is 32.2. The van der Waals surface area contributed by atoms with E-state index in [9.17, 15) is 4.79 Å². The molecule has 3 aromatic rings. The van der Waals surface area contributed by atoms with Gasteiger partial charge in [0.2, 0.25) is 5.91 Å². The Morgan fingerprint density at radius 3 is 2.43 bits per heavy atom. The molecule has 0 aliphatic carbocycles. The first-order valence-electron chi connectivity index (χ1n) is 9.61. The van der Waals surface area contributed by atoms with Crippen LogP contribution in [0.25, 0.3) is 0 Å². The van der Waals surface area contributed by atoms with Crippen LogP contribution in [-0.2, 0) is 18.4 Å². The van der Waals surface area contributed by atoms with E-state index in [4.69, 9.17) is 9.47 Å². The Bertz CT molecular complexity index is 971. The lowest BCUT2D eigenvalue weighted by Gasteiger charge is -2.14. The number of carbonyl (C=O) groups is 1. The fourth-order valence-electron chi connectivity index (χ4n) is 2.80. The largest absolute Gasteiger partial charge is 0.497 e. The van der Waals surface area contributed by atoms with Crippen molar-refractivity contribution >= 4 is 17.7 Å². The molecular weight excluding hydrogens is 400 g/mol. The highest BCUT2D eigenvalue weighted by Gasteiger charge is 2.18. The van der Waals surface area contributed by atoms with Gasteiger partial charge >= 0.3 is 0 Å². The number of aryl methyl sites for hydroxylation is 1. The molecule has 0 saturated heterocycles. The predicted molar refractivity (Wildman–Crippen MR) is 117 cm³/mol. The molecular formula is C22H26N4O3S. The minimum atomic E-state index is -0.291. The maximum absolute atomic E-state index is 12.2. The number of rotatable bonds is 9. The van der Waals surface area contributed by atoms with Crippen LogP contribution >= 0.6 is 11.8 Å². The molecule has 0 aliphatic rings. The van der Waals surface area contributed by atoms with Gasteiger partial charge in [0.1, 0.15) is 11.5 Å². The second-order valence-electron chi connectivity index (χ2n) is 6.89. The summed E-state index contributed by atoms with van der Waals surface area (Å²) < 4.78 is 13.0. The zero-order valence-electron chi connectivity index (χ0n) is 17.6. The summed E-state index contributed by atoms with van der Waals surface area (Å²) in [7, 11) is 3.50. The van der Waals surface area contributed by atoms with E-state index in [0.29, 0.717) is 17.5 Å². The smallest absolute Gasteiger partial charge is 0.230 e. The Hall–Kier alpha value is -3.00. The Kier molecular flexibility index (Phi) is 7.35. The number of hydrogen-bond donors (Lipinski definition) is 1. The number of benzene rings is 2. The Morgan fingerprint density at radius 1 is 1.10 bits per heavy atom. The molecule has 0 fully saturated rings. The lowest BCUT2D eigenvalue weighted by atomic mass is 10.1. The molecule has 1 amide bonds. The fourth-order valence-corrected chi connectivity index (χ4v) is 3.55. The molecule has 1 aromatic heterocycles. The van der Waals surface area contributed by atoms with Crippen molar-refractivity contribution in [1.29, 1.82) is 0 Å². The average molecular weight is 427 g/mol. The molecule has 1 atom stereocenters. The van der Waals surface area contributed by atoms with E-state index in [1.54, 1.807) is 7.11 Å². The van der Waals surface area contributed by atoms with Gasteiger partial charge in [0.25, 0.3) is 0 Å². The fraction of sp³-hybridized carbons (Fsp3) is 0.318. The summed E-state index contributed by atoms with van der Waals surface area (Å²) in [6.07, 6.45) is -0.291. The molecule has 0 radical (unpaired) electrons. The van der Waals surface area contributed by atoms with Crippen molar-refractivity contribution in [2.75, 3.05) is 12.9 Å². The van der Waals surface area contributed by atoms with Crippen molar-refractivity contribution in [2.24, 2.45) is 7.05 Å². The summed E-state index contributed by atoms with van der Waals surface area (Å²) in [5, 5.41) is 12.0. The highest BCUT2D eigenvalue weighted by Crippen LogP contribution is 2.25. The van der Waals surface area contributed by atoms with Crippen LogP contribution in [-0.4, -0.2) is 33.5 Å². The van der Waals surface area contributed by atoms with Gasteiger partial charge in [0.05, 0.1) is 12.9 Å². The quantitative estimate of drug-likeness (QED) is 0.526. The third-order valence-electron chi connectivity index (χ3n) is 4.55. The van der Waals surface area contributed by atoms with Gasteiger partial charge in [-0.3, -0.25) is 4.79 Å². The van der Waals surface area contributed by atoms with E-state index in [-0.39, 0.29) is 17.8 Å². The number of hydrogen-bond acceptors (Lipinski definition) is 6. The number of thioether (sulfide) groups is 1. The molecule has 2 aromatic carbocycles. The first-order valence-corrected chi connectivity index (χ1v) is 10.6. The summed E-state index contributed by atoms with van der Waals surface area (Å²) in [5.74, 6) is 2.40. The summed E-state index contributed by atoms with van der Waals surface area (Å²) in [4.78, 5) is 12.2. The molecule has 8 heteroatoms. The van der Waals surface area contributed by atoms with E-state index in [2.05, 4.69) is 15.5 Å². The van der Waals surface area contributed by atoms with E-state index in [0.717, 1.165) is 17.1 Å². The Labute approximate surface area is 180 Å². The van der Waals surface area contributed by atoms with Gasteiger partial charge in [-0.25, -0.2) is 0 Å². The van der Waals surface area contributed by atoms with Gasteiger partial charge in [0, 0.05) is 13.6 Å². The molecule has 30 heavy (non-hydrogen) atoms. The number of nitrogens with one attached hydrogen (secondary N) is 1. The van der Waals surface area contributed by atoms with E-state index < -0.39 is 0 Å². The van der Waals surface area contributed by atoms with Crippen LogP contribution in [0.5, 0.6) is 11.5 Å². The van der Waals surface area contributed by atoms with Gasteiger partial charge < -0.3 is 19.4 Å². The first kappa shape index (κ1) is 21.7. The number of aromatic nitrogens is 3. The van der Waals surface area contributed by atoms with Gasteiger partial charge in [-0.1, -0.05) is 41.6 Å². The highest BCUT2D eigenvalue weighted by molar-refractivity contribution is 7.99. The number of nitrogens with zero attached hydrogens (tertiary/aromatic N) is 3. The maximum atomic E-state index is 12.2. The summed E-state index contributed by atoms with van der Waals surface area (Å²) in [6, 6.07) is 15.5. The topological polar surface area (TPSA) is 78.3 Å². The van der Waals surface area contributed by atoms with Crippen molar-refractivity contribution < 1.29 is 14.3 Å². The standard InChI is InChI=1S/C22H26N4O3S/c1-15-5-7-17(8-6-15)13-23-20(27)14-30-22-25-24-21(26(22)3)16(2)29-19-11-9-18(28-4)10-12-19/h5-12,16H,13-14H2,1-4H3,(H,23,27). The van der Waals surface area contributed by atoms with Crippen LogP contribution < -0.4 is 14.8 Å². The normalized spacial score (nSPS) is 11.7. The second kappa shape index (κ2) is 10.2. The van der Waals surface area contributed by atoms with Gasteiger partial charge in [-0.2, -0.15) is 0 Å². The molecule has 3 rings (SSSR count). The van der Waals surface area contributed by atoms with E-state index in [1.165, 1.54) is 17.3 Å². The summed E-state index contributed by atoms with van der Waals surface area (Å²) in [5.41, 5.74) is 2.27. The van der Waals surface area contributed by atoms with E-state index >= 15 is 0 Å². The molecule has 0 saturated carbocycles. The third-order valence-corrected chi connectivity index (χ3v) is 5.57. The first-order chi connectivity index (χ1) is 14.5. The summed E-state index contributed by atoms with van der Waals surface area (Å²) >= 11 is 1.35. The van der Waals surface area contributed by atoms with Gasteiger partial charge in [0.15, 0.2) is 17.1 Å². The minimum Gasteiger partial charge on any atom is -0.497 e. The van der Waals surface area contributed by atoms with E-state index in [1.807, 2.05) is 74.0 Å². The van der Waals surface area contributed by atoms with Gasteiger partial charge in [-0.15, -0.1) is 10.2 Å². The SMILES string of the molecule is COc1ccc(OC(C)c2nnc(SCC(=O)NCc3ccc(C)cc3)n2C)cc1. The zero-order chi connectivity index (χ0) is 21.5. The molecule has 1 N–H and O–H groups in total. The van der Waals surface area contributed by atoms with Crippen molar-refractivity contribution in [1.82, 2.24) is 20.1 Å². The molecule has 158 valence electrons. The number of ether oxygens (including phenoxy) is 2. The van der Waals surface area contributed by atoms with Gasteiger partial charge in [-0.05, 0) is 43.7 Å². The molecule has 1 heterocycles. The molecule has 1 unspecified atom stereocenters. The second-order valence-corrected chi connectivity index (χ2v) is 7.83. The minimum absolute atomic E-state index is 0.0485. The van der Waals surface area contributed by atoms with Crippen LogP contribution in [0.1, 0.15) is 30.0 Å². The van der Waals surface area contributed by atoms with Crippen LogP contribution in [0.15, 0.2) is 53.7 Å². The third kappa shape index (κ3) is 5.76. The van der Waals surface area contributed by atoms with Crippen LogP contribution in [0.3, 0.4) is 0 Å². The zero-order valence-corrected chi connectivity index (χ0v) is 18.4. The molecule has 0 aliphatic heterocycles. The van der Waals surface area contributed by atoms with Crippen molar-refractivity contribution in [2.45, 2.75) is 31.7 Å². The number of amides is 1. The molecule has 0 bridgehead atoms. The maximum Gasteiger partial charge on any atom is 0.230 e. The Morgan fingerprint density at radius 2 is 1.77 bits per heavy atom. The monoisotopic (exact) mass is 426 g/mol. The average Bonchev–Trinajstić information content (AvgIpc) is 3.13. The Balaban J connectivity index is 1.51. The molecule has 7 nitrogen and oxygen atoms in total.